The number of carbonyl (C=O) groups excluding carboxylic acids is 1. The number of aromatic nitrogens is 2. The van der Waals surface area contributed by atoms with E-state index >= 15 is 0 Å². The summed E-state index contributed by atoms with van der Waals surface area (Å²) in [6.45, 7) is 9.56. The van der Waals surface area contributed by atoms with Gasteiger partial charge in [-0.2, -0.15) is 5.10 Å². The van der Waals surface area contributed by atoms with Crippen molar-refractivity contribution >= 4 is 15.9 Å². The van der Waals surface area contributed by atoms with Gasteiger partial charge in [0.1, 0.15) is 0 Å². The van der Waals surface area contributed by atoms with E-state index in [0.29, 0.717) is 11.5 Å². The number of carbonyl (C=O) groups is 1. The van der Waals surface area contributed by atoms with Crippen LogP contribution in [0.25, 0.3) is 0 Å². The molecule has 26 heavy (non-hydrogen) atoms. The van der Waals surface area contributed by atoms with Crippen LogP contribution in [0.4, 0.5) is 0 Å². The number of benzene rings is 1. The first-order chi connectivity index (χ1) is 12.0. The monoisotopic (exact) mass is 375 g/mol. The molecule has 0 radical (unpaired) electrons. The molecule has 0 aliphatic heterocycles. The average molecular weight is 375 g/mol. The third-order valence-electron chi connectivity index (χ3n) is 4.46. The SMILES string of the molecule is Cc1ccc(C)c(S(=O)(=O)NC(=O)c2cc(C3CC3)n(C(C)(C)C)n2)c1. The van der Waals surface area contributed by atoms with Gasteiger partial charge in [0, 0.05) is 11.6 Å². The minimum Gasteiger partial charge on any atom is -0.266 e. The largest absolute Gasteiger partial charge is 0.285 e. The third-order valence-corrected chi connectivity index (χ3v) is 5.93. The first-order valence-corrected chi connectivity index (χ1v) is 10.2. The molecule has 1 N–H and O–H groups in total. The van der Waals surface area contributed by atoms with Crippen LogP contribution in [-0.2, 0) is 15.6 Å². The van der Waals surface area contributed by atoms with Gasteiger partial charge in [0.05, 0.1) is 10.4 Å². The topological polar surface area (TPSA) is 81.1 Å². The summed E-state index contributed by atoms with van der Waals surface area (Å²) >= 11 is 0. The van der Waals surface area contributed by atoms with Crippen molar-refractivity contribution in [2.45, 2.75) is 63.8 Å². The fraction of sp³-hybridized carbons (Fsp3) is 0.474. The Morgan fingerprint density at radius 2 is 1.85 bits per heavy atom. The molecule has 1 saturated carbocycles. The van der Waals surface area contributed by atoms with Gasteiger partial charge >= 0.3 is 0 Å². The normalized spacial score (nSPS) is 15.1. The minimum atomic E-state index is -3.95. The van der Waals surface area contributed by atoms with Crippen LogP contribution in [-0.4, -0.2) is 24.1 Å². The van der Waals surface area contributed by atoms with Crippen molar-refractivity contribution in [1.29, 1.82) is 0 Å². The van der Waals surface area contributed by atoms with Gasteiger partial charge in [-0.1, -0.05) is 12.1 Å². The standard InChI is InChI=1S/C19H25N3O3S/c1-12-6-7-13(2)17(10-12)26(24,25)21-18(23)15-11-16(14-8-9-14)22(20-15)19(3,4)5/h6-7,10-11,14H,8-9H2,1-5H3,(H,21,23). The molecule has 0 bridgehead atoms. The maximum atomic E-state index is 12.7. The summed E-state index contributed by atoms with van der Waals surface area (Å²) in [5.41, 5.74) is 2.26. The highest BCUT2D eigenvalue weighted by molar-refractivity contribution is 7.90. The van der Waals surface area contributed by atoms with E-state index in [1.165, 1.54) is 0 Å². The molecule has 0 atom stereocenters. The van der Waals surface area contributed by atoms with E-state index < -0.39 is 15.9 Å². The number of nitrogens with zero attached hydrogens (tertiary/aromatic N) is 2. The highest BCUT2D eigenvalue weighted by atomic mass is 32.2. The van der Waals surface area contributed by atoms with Gasteiger partial charge in [-0.15, -0.1) is 0 Å². The highest BCUT2D eigenvalue weighted by Crippen LogP contribution is 2.41. The molecular weight excluding hydrogens is 350 g/mol. The molecule has 0 unspecified atom stereocenters. The van der Waals surface area contributed by atoms with Crippen LogP contribution < -0.4 is 4.72 Å². The number of aryl methyl sites for hydroxylation is 2. The molecule has 1 heterocycles. The summed E-state index contributed by atoms with van der Waals surface area (Å²) in [7, 11) is -3.95. The fourth-order valence-corrected chi connectivity index (χ4v) is 4.23. The summed E-state index contributed by atoms with van der Waals surface area (Å²) in [6.07, 6.45) is 2.15. The number of hydrogen-bond donors (Lipinski definition) is 1. The first kappa shape index (κ1) is 18.6. The smallest absolute Gasteiger partial charge is 0.266 e. The average Bonchev–Trinajstić information content (AvgIpc) is 3.25. The van der Waals surface area contributed by atoms with Crippen molar-refractivity contribution in [1.82, 2.24) is 14.5 Å². The fourth-order valence-electron chi connectivity index (χ4n) is 2.94. The zero-order valence-electron chi connectivity index (χ0n) is 15.8. The van der Waals surface area contributed by atoms with E-state index in [2.05, 4.69) is 9.82 Å². The Morgan fingerprint density at radius 1 is 1.19 bits per heavy atom. The lowest BCUT2D eigenvalue weighted by Gasteiger charge is -2.22. The van der Waals surface area contributed by atoms with Crippen LogP contribution in [0.15, 0.2) is 29.2 Å². The quantitative estimate of drug-likeness (QED) is 0.889. The van der Waals surface area contributed by atoms with Crippen LogP contribution in [0.2, 0.25) is 0 Å². The van der Waals surface area contributed by atoms with Gasteiger partial charge in [-0.05, 0) is 70.7 Å². The molecule has 1 aromatic carbocycles. The molecule has 0 saturated heterocycles. The minimum absolute atomic E-state index is 0.114. The second kappa shape index (κ2) is 6.23. The highest BCUT2D eigenvalue weighted by Gasteiger charge is 2.33. The summed E-state index contributed by atoms with van der Waals surface area (Å²) < 4.78 is 29.3. The second-order valence-corrected chi connectivity index (χ2v) is 9.67. The lowest BCUT2D eigenvalue weighted by molar-refractivity contribution is 0.0975. The zero-order valence-corrected chi connectivity index (χ0v) is 16.6. The Kier molecular flexibility index (Phi) is 4.46. The number of sulfonamides is 1. The van der Waals surface area contributed by atoms with Crippen molar-refractivity contribution < 1.29 is 13.2 Å². The van der Waals surface area contributed by atoms with Gasteiger partial charge < -0.3 is 0 Å². The van der Waals surface area contributed by atoms with E-state index in [9.17, 15) is 13.2 Å². The van der Waals surface area contributed by atoms with E-state index in [-0.39, 0.29) is 16.1 Å². The molecule has 1 aliphatic rings. The first-order valence-electron chi connectivity index (χ1n) is 8.74. The number of hydrogen-bond acceptors (Lipinski definition) is 4. The molecular formula is C19H25N3O3S. The molecule has 1 aromatic heterocycles. The Morgan fingerprint density at radius 3 is 2.42 bits per heavy atom. The molecule has 3 rings (SSSR count). The van der Waals surface area contributed by atoms with Crippen molar-refractivity contribution in [3.63, 3.8) is 0 Å². The van der Waals surface area contributed by atoms with E-state index in [1.807, 2.05) is 38.4 Å². The Bertz CT molecular complexity index is 964. The van der Waals surface area contributed by atoms with Gasteiger partial charge in [-0.25, -0.2) is 13.1 Å². The predicted molar refractivity (Wildman–Crippen MR) is 99.8 cm³/mol. The van der Waals surface area contributed by atoms with Crippen molar-refractivity contribution in [3.8, 4) is 0 Å². The van der Waals surface area contributed by atoms with E-state index in [1.54, 1.807) is 25.1 Å². The van der Waals surface area contributed by atoms with Gasteiger partial charge in [0.2, 0.25) is 0 Å². The maximum Gasteiger partial charge on any atom is 0.285 e. The van der Waals surface area contributed by atoms with Crippen LogP contribution in [0.1, 0.15) is 66.8 Å². The Balaban J connectivity index is 1.92. The maximum absolute atomic E-state index is 12.7. The number of rotatable bonds is 4. The molecule has 1 aliphatic carbocycles. The molecule has 0 spiro atoms. The van der Waals surface area contributed by atoms with Gasteiger partial charge in [0.25, 0.3) is 15.9 Å². The zero-order chi connectivity index (χ0) is 19.3. The number of nitrogens with one attached hydrogen (secondary N) is 1. The summed E-state index contributed by atoms with van der Waals surface area (Å²) in [6, 6.07) is 6.85. The van der Waals surface area contributed by atoms with Crippen molar-refractivity contribution in [2.75, 3.05) is 0 Å². The predicted octanol–water partition coefficient (Wildman–Crippen LogP) is 3.25. The van der Waals surface area contributed by atoms with Crippen LogP contribution in [0, 0.1) is 13.8 Å². The Labute approximate surface area is 154 Å². The lowest BCUT2D eigenvalue weighted by Crippen LogP contribution is -2.32. The van der Waals surface area contributed by atoms with Crippen LogP contribution in [0.3, 0.4) is 0 Å². The molecule has 140 valence electrons. The molecule has 2 aromatic rings. The van der Waals surface area contributed by atoms with E-state index in [4.69, 9.17) is 0 Å². The summed E-state index contributed by atoms with van der Waals surface area (Å²) in [5.74, 6) is -0.297. The second-order valence-electron chi connectivity index (χ2n) is 8.01. The van der Waals surface area contributed by atoms with Gasteiger partial charge in [0.15, 0.2) is 5.69 Å². The summed E-state index contributed by atoms with van der Waals surface area (Å²) in [4.78, 5) is 12.7. The molecule has 1 amide bonds. The molecule has 7 heteroatoms. The van der Waals surface area contributed by atoms with Gasteiger partial charge in [-0.3, -0.25) is 9.48 Å². The van der Waals surface area contributed by atoms with Crippen LogP contribution in [0.5, 0.6) is 0 Å². The molecule has 6 nitrogen and oxygen atoms in total. The van der Waals surface area contributed by atoms with Crippen molar-refractivity contribution in [2.24, 2.45) is 0 Å². The van der Waals surface area contributed by atoms with Crippen LogP contribution >= 0.6 is 0 Å². The Hall–Kier alpha value is -2.15. The lowest BCUT2D eigenvalue weighted by atomic mass is 10.1. The summed E-state index contributed by atoms with van der Waals surface area (Å²) in [5, 5.41) is 4.40. The van der Waals surface area contributed by atoms with Crippen molar-refractivity contribution in [3.05, 3.63) is 46.8 Å². The van der Waals surface area contributed by atoms with E-state index in [0.717, 1.165) is 24.1 Å². The molecule has 1 fully saturated rings. The third kappa shape index (κ3) is 3.67. The number of amides is 1.